The molecule has 0 radical (unpaired) electrons. The van der Waals surface area contributed by atoms with Crippen LogP contribution in [0.4, 0.5) is 15.8 Å². The van der Waals surface area contributed by atoms with Gasteiger partial charge in [0.15, 0.2) is 5.11 Å². The minimum Gasteiger partial charge on any atom is -0.346 e. The molecule has 1 saturated heterocycles. The number of nitrogens with zero attached hydrogens (tertiary/aromatic N) is 2. The van der Waals surface area contributed by atoms with E-state index in [0.29, 0.717) is 22.4 Å². The zero-order valence-corrected chi connectivity index (χ0v) is 16.2. The molecule has 1 aliphatic rings. The predicted molar refractivity (Wildman–Crippen MR) is 111 cm³/mol. The van der Waals surface area contributed by atoms with Gasteiger partial charge in [-0.15, -0.1) is 0 Å². The Labute approximate surface area is 168 Å². The summed E-state index contributed by atoms with van der Waals surface area (Å²) in [4.78, 5) is 16.3. The number of anilines is 2. The van der Waals surface area contributed by atoms with E-state index in [9.17, 15) is 9.18 Å². The van der Waals surface area contributed by atoms with Gasteiger partial charge in [-0.25, -0.2) is 4.39 Å². The van der Waals surface area contributed by atoms with E-state index >= 15 is 0 Å². The number of benzene rings is 2. The SMILES string of the molecule is O=C(CN1CCN(C(=S)Nc2ccc(Cl)cc2)CC1)Nc1ccc(F)cc1. The summed E-state index contributed by atoms with van der Waals surface area (Å²) in [5.41, 5.74) is 1.49. The van der Waals surface area contributed by atoms with Crippen molar-refractivity contribution in [3.05, 3.63) is 59.4 Å². The summed E-state index contributed by atoms with van der Waals surface area (Å²) < 4.78 is 12.9. The van der Waals surface area contributed by atoms with E-state index in [0.717, 1.165) is 31.9 Å². The highest BCUT2D eigenvalue weighted by molar-refractivity contribution is 7.80. The molecule has 1 amide bonds. The molecule has 0 bridgehead atoms. The minimum atomic E-state index is -0.327. The maximum absolute atomic E-state index is 12.9. The average molecular weight is 407 g/mol. The number of thiocarbonyl (C=S) groups is 1. The van der Waals surface area contributed by atoms with Crippen LogP contribution in [-0.4, -0.2) is 53.5 Å². The van der Waals surface area contributed by atoms with Crippen molar-refractivity contribution in [2.75, 3.05) is 43.4 Å². The lowest BCUT2D eigenvalue weighted by Crippen LogP contribution is -2.51. The first-order valence-electron chi connectivity index (χ1n) is 8.59. The highest BCUT2D eigenvalue weighted by Crippen LogP contribution is 2.15. The first-order chi connectivity index (χ1) is 13.0. The van der Waals surface area contributed by atoms with E-state index in [-0.39, 0.29) is 11.7 Å². The van der Waals surface area contributed by atoms with Gasteiger partial charge in [-0.05, 0) is 60.7 Å². The number of carbonyl (C=O) groups is 1. The van der Waals surface area contributed by atoms with Crippen LogP contribution in [0, 0.1) is 5.82 Å². The van der Waals surface area contributed by atoms with Gasteiger partial charge in [0, 0.05) is 42.6 Å². The van der Waals surface area contributed by atoms with Crippen molar-refractivity contribution < 1.29 is 9.18 Å². The maximum atomic E-state index is 12.9. The summed E-state index contributed by atoms with van der Waals surface area (Å²) in [6.45, 7) is 3.24. The van der Waals surface area contributed by atoms with Crippen molar-refractivity contribution in [1.82, 2.24) is 9.80 Å². The van der Waals surface area contributed by atoms with Crippen LogP contribution in [0.15, 0.2) is 48.5 Å². The first-order valence-corrected chi connectivity index (χ1v) is 9.37. The van der Waals surface area contributed by atoms with Crippen LogP contribution in [0.2, 0.25) is 5.02 Å². The maximum Gasteiger partial charge on any atom is 0.238 e. The third-order valence-corrected chi connectivity index (χ3v) is 4.86. The first kappa shape index (κ1) is 19.5. The molecule has 2 aromatic carbocycles. The lowest BCUT2D eigenvalue weighted by molar-refractivity contribution is -0.117. The van der Waals surface area contributed by atoms with E-state index in [4.69, 9.17) is 23.8 Å². The Balaban J connectivity index is 1.42. The lowest BCUT2D eigenvalue weighted by Gasteiger charge is -2.35. The molecule has 2 aromatic rings. The van der Waals surface area contributed by atoms with E-state index in [1.165, 1.54) is 12.1 Å². The van der Waals surface area contributed by atoms with E-state index in [2.05, 4.69) is 20.4 Å². The number of rotatable bonds is 4. The van der Waals surface area contributed by atoms with Gasteiger partial charge in [0.2, 0.25) is 5.91 Å². The third-order valence-electron chi connectivity index (χ3n) is 4.25. The Kier molecular flexibility index (Phi) is 6.60. The smallest absolute Gasteiger partial charge is 0.238 e. The number of hydrogen-bond donors (Lipinski definition) is 2. The van der Waals surface area contributed by atoms with Gasteiger partial charge in [-0.3, -0.25) is 9.69 Å². The largest absolute Gasteiger partial charge is 0.346 e. The number of piperazine rings is 1. The fourth-order valence-corrected chi connectivity index (χ4v) is 3.21. The van der Waals surface area contributed by atoms with Gasteiger partial charge < -0.3 is 15.5 Å². The van der Waals surface area contributed by atoms with E-state index in [1.54, 1.807) is 12.1 Å². The number of halogens is 2. The molecule has 1 fully saturated rings. The molecule has 0 saturated carbocycles. The summed E-state index contributed by atoms with van der Waals surface area (Å²) in [7, 11) is 0. The highest BCUT2D eigenvalue weighted by Gasteiger charge is 2.20. The molecule has 1 aliphatic heterocycles. The van der Waals surface area contributed by atoms with Crippen molar-refractivity contribution in [2.24, 2.45) is 0 Å². The number of hydrogen-bond acceptors (Lipinski definition) is 3. The molecule has 0 spiro atoms. The van der Waals surface area contributed by atoms with Crippen LogP contribution >= 0.6 is 23.8 Å². The topological polar surface area (TPSA) is 47.6 Å². The van der Waals surface area contributed by atoms with E-state index in [1.807, 2.05) is 24.3 Å². The number of carbonyl (C=O) groups excluding carboxylic acids is 1. The normalized spacial score (nSPS) is 14.7. The number of amides is 1. The van der Waals surface area contributed by atoms with Crippen molar-refractivity contribution >= 4 is 46.2 Å². The molecule has 27 heavy (non-hydrogen) atoms. The van der Waals surface area contributed by atoms with Gasteiger partial charge in [-0.2, -0.15) is 0 Å². The minimum absolute atomic E-state index is 0.114. The Bertz CT molecular complexity index is 792. The standard InChI is InChI=1S/C19H20ClFN4OS/c20-14-1-5-17(6-2-14)23-19(27)25-11-9-24(10-12-25)13-18(26)22-16-7-3-15(21)4-8-16/h1-8H,9-13H2,(H,22,26)(H,23,27). The molecular formula is C19H20ClFN4OS. The Morgan fingerprint density at radius 2 is 1.52 bits per heavy atom. The van der Waals surface area contributed by atoms with Gasteiger partial charge in [0.1, 0.15) is 5.82 Å². The van der Waals surface area contributed by atoms with Gasteiger partial charge in [-0.1, -0.05) is 11.6 Å². The quantitative estimate of drug-likeness (QED) is 0.762. The fourth-order valence-electron chi connectivity index (χ4n) is 2.78. The lowest BCUT2D eigenvalue weighted by atomic mass is 10.3. The van der Waals surface area contributed by atoms with Gasteiger partial charge >= 0.3 is 0 Å². The highest BCUT2D eigenvalue weighted by atomic mass is 35.5. The molecule has 0 aliphatic carbocycles. The van der Waals surface area contributed by atoms with Crippen molar-refractivity contribution in [3.8, 4) is 0 Å². The second kappa shape index (κ2) is 9.12. The van der Waals surface area contributed by atoms with Crippen LogP contribution < -0.4 is 10.6 Å². The average Bonchev–Trinajstić information content (AvgIpc) is 2.66. The molecule has 0 aromatic heterocycles. The summed E-state index contributed by atoms with van der Waals surface area (Å²) in [6.07, 6.45) is 0. The van der Waals surface area contributed by atoms with Crippen LogP contribution in [-0.2, 0) is 4.79 Å². The zero-order chi connectivity index (χ0) is 19.2. The summed E-state index contributed by atoms with van der Waals surface area (Å²) in [6, 6.07) is 13.1. The van der Waals surface area contributed by atoms with Gasteiger partial charge in [0.25, 0.3) is 0 Å². The molecule has 3 rings (SSSR count). The Hall–Kier alpha value is -2.22. The molecule has 8 heteroatoms. The molecule has 0 atom stereocenters. The van der Waals surface area contributed by atoms with Crippen molar-refractivity contribution in [1.29, 1.82) is 0 Å². The molecule has 142 valence electrons. The second-order valence-corrected chi connectivity index (χ2v) is 7.08. The van der Waals surface area contributed by atoms with Crippen LogP contribution in [0.5, 0.6) is 0 Å². The molecule has 0 unspecified atom stereocenters. The fraction of sp³-hybridized carbons (Fsp3) is 0.263. The van der Waals surface area contributed by atoms with Crippen LogP contribution in [0.1, 0.15) is 0 Å². The molecule has 1 heterocycles. The van der Waals surface area contributed by atoms with E-state index < -0.39 is 0 Å². The predicted octanol–water partition coefficient (Wildman–Crippen LogP) is 3.43. The Morgan fingerprint density at radius 3 is 2.15 bits per heavy atom. The Morgan fingerprint density at radius 1 is 0.963 bits per heavy atom. The van der Waals surface area contributed by atoms with Crippen molar-refractivity contribution in [2.45, 2.75) is 0 Å². The van der Waals surface area contributed by atoms with Gasteiger partial charge in [0.05, 0.1) is 6.54 Å². The molecular weight excluding hydrogens is 387 g/mol. The summed E-state index contributed by atoms with van der Waals surface area (Å²) >= 11 is 11.4. The second-order valence-electron chi connectivity index (χ2n) is 6.26. The van der Waals surface area contributed by atoms with Crippen LogP contribution in [0.25, 0.3) is 0 Å². The molecule has 2 N–H and O–H groups in total. The molecule has 5 nitrogen and oxygen atoms in total. The van der Waals surface area contributed by atoms with Crippen molar-refractivity contribution in [3.63, 3.8) is 0 Å². The third kappa shape index (κ3) is 5.89. The monoisotopic (exact) mass is 406 g/mol. The zero-order valence-electron chi connectivity index (χ0n) is 14.6. The van der Waals surface area contributed by atoms with Crippen LogP contribution in [0.3, 0.4) is 0 Å². The summed E-state index contributed by atoms with van der Waals surface area (Å²) in [5.74, 6) is -0.441. The number of nitrogens with one attached hydrogen (secondary N) is 2. The summed E-state index contributed by atoms with van der Waals surface area (Å²) in [5, 5.41) is 7.32.